The van der Waals surface area contributed by atoms with Crippen molar-refractivity contribution in [3.8, 4) is 0 Å². The lowest BCUT2D eigenvalue weighted by Gasteiger charge is -2.38. The van der Waals surface area contributed by atoms with Gasteiger partial charge in [0.15, 0.2) is 0 Å². The number of carbonyl (C=O) groups is 1. The highest BCUT2D eigenvalue weighted by atomic mass is 16.6. The first-order chi connectivity index (χ1) is 9.96. The number of piperidine rings is 1. The van der Waals surface area contributed by atoms with Crippen LogP contribution in [0.15, 0.2) is 0 Å². The van der Waals surface area contributed by atoms with E-state index in [1.165, 1.54) is 51.4 Å². The van der Waals surface area contributed by atoms with Crippen LogP contribution in [0, 0.1) is 11.8 Å². The third-order valence-electron chi connectivity index (χ3n) is 4.93. The highest BCUT2D eigenvalue weighted by Gasteiger charge is 2.31. The first-order valence-electron chi connectivity index (χ1n) is 8.93. The highest BCUT2D eigenvalue weighted by Crippen LogP contribution is 2.33. The van der Waals surface area contributed by atoms with E-state index in [1.807, 2.05) is 25.7 Å². The van der Waals surface area contributed by atoms with E-state index in [-0.39, 0.29) is 11.7 Å². The topological polar surface area (TPSA) is 29.5 Å². The van der Waals surface area contributed by atoms with Crippen molar-refractivity contribution < 1.29 is 9.53 Å². The first-order valence-corrected chi connectivity index (χ1v) is 8.93. The van der Waals surface area contributed by atoms with Crippen LogP contribution >= 0.6 is 0 Å². The van der Waals surface area contributed by atoms with E-state index in [4.69, 9.17) is 4.74 Å². The second-order valence-electron chi connectivity index (χ2n) is 7.93. The molecule has 0 aromatic heterocycles. The van der Waals surface area contributed by atoms with Gasteiger partial charge in [-0.25, -0.2) is 4.79 Å². The van der Waals surface area contributed by atoms with Gasteiger partial charge in [0.2, 0.25) is 0 Å². The summed E-state index contributed by atoms with van der Waals surface area (Å²) in [7, 11) is 0. The van der Waals surface area contributed by atoms with Gasteiger partial charge in [-0.1, -0.05) is 44.9 Å². The molecule has 0 radical (unpaired) electrons. The van der Waals surface area contributed by atoms with Gasteiger partial charge in [0.05, 0.1) is 0 Å². The molecule has 2 fully saturated rings. The number of likely N-dealkylation sites (tertiary alicyclic amines) is 1. The lowest BCUT2D eigenvalue weighted by atomic mass is 9.78. The maximum Gasteiger partial charge on any atom is 0.410 e. The summed E-state index contributed by atoms with van der Waals surface area (Å²) >= 11 is 0. The van der Waals surface area contributed by atoms with Gasteiger partial charge in [-0.2, -0.15) is 0 Å². The van der Waals surface area contributed by atoms with Crippen molar-refractivity contribution in [2.75, 3.05) is 13.1 Å². The van der Waals surface area contributed by atoms with Gasteiger partial charge >= 0.3 is 6.09 Å². The fourth-order valence-electron chi connectivity index (χ4n) is 3.85. The molecule has 2 aliphatic rings. The van der Waals surface area contributed by atoms with Crippen LogP contribution in [-0.2, 0) is 4.74 Å². The van der Waals surface area contributed by atoms with Gasteiger partial charge in [-0.3, -0.25) is 0 Å². The first kappa shape index (κ1) is 16.6. The average molecular weight is 295 g/mol. The Hall–Kier alpha value is -0.730. The number of ether oxygens (including phenoxy) is 1. The summed E-state index contributed by atoms with van der Waals surface area (Å²) in [6.45, 7) is 7.63. The van der Waals surface area contributed by atoms with Crippen LogP contribution in [-0.4, -0.2) is 29.7 Å². The van der Waals surface area contributed by atoms with Gasteiger partial charge in [0.25, 0.3) is 0 Å². The highest BCUT2D eigenvalue weighted by molar-refractivity contribution is 5.68. The molecule has 1 saturated carbocycles. The number of nitrogens with zero attached hydrogens (tertiary/aromatic N) is 1. The van der Waals surface area contributed by atoms with Crippen LogP contribution in [0.4, 0.5) is 4.79 Å². The van der Waals surface area contributed by atoms with Crippen molar-refractivity contribution in [1.29, 1.82) is 0 Å². The number of amides is 1. The third kappa shape index (κ3) is 5.52. The second kappa shape index (κ2) is 7.51. The summed E-state index contributed by atoms with van der Waals surface area (Å²) in [5.74, 6) is 1.53. The minimum Gasteiger partial charge on any atom is -0.444 e. The fraction of sp³-hybridized carbons (Fsp3) is 0.944. The van der Waals surface area contributed by atoms with Gasteiger partial charge < -0.3 is 9.64 Å². The van der Waals surface area contributed by atoms with Crippen LogP contribution in [0.1, 0.15) is 78.6 Å². The lowest BCUT2D eigenvalue weighted by molar-refractivity contribution is 0.0119. The van der Waals surface area contributed by atoms with Crippen LogP contribution in [0.25, 0.3) is 0 Å². The molecule has 0 bridgehead atoms. The maximum atomic E-state index is 12.3. The van der Waals surface area contributed by atoms with Crippen molar-refractivity contribution in [2.45, 2.75) is 84.2 Å². The minimum atomic E-state index is -0.385. The Bertz CT molecular complexity index is 327. The quantitative estimate of drug-likeness (QED) is 0.681. The summed E-state index contributed by atoms with van der Waals surface area (Å²) in [6, 6.07) is 0. The number of hydrogen-bond acceptors (Lipinski definition) is 2. The van der Waals surface area contributed by atoms with Crippen molar-refractivity contribution in [3.63, 3.8) is 0 Å². The molecule has 122 valence electrons. The molecule has 1 atom stereocenters. The lowest BCUT2D eigenvalue weighted by Crippen LogP contribution is -2.44. The van der Waals surface area contributed by atoms with E-state index in [9.17, 15) is 4.79 Å². The molecule has 0 N–H and O–H groups in total. The molecule has 1 heterocycles. The van der Waals surface area contributed by atoms with Gasteiger partial charge in [0, 0.05) is 13.1 Å². The van der Waals surface area contributed by atoms with Gasteiger partial charge in [-0.05, 0) is 45.4 Å². The standard InChI is InChI=1S/C18H33NO2/c1-18(2,3)21-17(20)19-13-9-12-16(14-19)15-10-7-5-4-6-8-11-15/h15-16H,4-14H2,1-3H3. The third-order valence-corrected chi connectivity index (χ3v) is 4.93. The van der Waals surface area contributed by atoms with Crippen molar-refractivity contribution >= 4 is 6.09 Å². The zero-order chi connectivity index (χ0) is 15.3. The van der Waals surface area contributed by atoms with Gasteiger partial charge in [-0.15, -0.1) is 0 Å². The zero-order valence-corrected chi connectivity index (χ0v) is 14.2. The molecular formula is C18H33NO2. The molecule has 0 aromatic rings. The predicted molar refractivity (Wildman–Crippen MR) is 86.3 cm³/mol. The van der Waals surface area contributed by atoms with Crippen molar-refractivity contribution in [1.82, 2.24) is 4.90 Å². The van der Waals surface area contributed by atoms with Crippen molar-refractivity contribution in [3.05, 3.63) is 0 Å². The van der Waals surface area contributed by atoms with Crippen LogP contribution in [0.3, 0.4) is 0 Å². The smallest absolute Gasteiger partial charge is 0.410 e. The van der Waals surface area contributed by atoms with Crippen LogP contribution in [0.5, 0.6) is 0 Å². The summed E-state index contributed by atoms with van der Waals surface area (Å²) in [6.07, 6.45) is 12.0. The van der Waals surface area contributed by atoms with E-state index in [0.29, 0.717) is 5.92 Å². The van der Waals surface area contributed by atoms with Crippen LogP contribution < -0.4 is 0 Å². The van der Waals surface area contributed by atoms with Gasteiger partial charge in [0.1, 0.15) is 5.60 Å². The van der Waals surface area contributed by atoms with E-state index in [1.54, 1.807) is 0 Å². The second-order valence-corrected chi connectivity index (χ2v) is 7.93. The molecule has 0 spiro atoms. The maximum absolute atomic E-state index is 12.3. The van der Waals surface area contributed by atoms with Crippen molar-refractivity contribution in [2.24, 2.45) is 11.8 Å². The Morgan fingerprint density at radius 1 is 0.905 bits per heavy atom. The number of carbonyl (C=O) groups excluding carboxylic acids is 1. The van der Waals surface area contributed by atoms with E-state index < -0.39 is 0 Å². The largest absolute Gasteiger partial charge is 0.444 e. The molecular weight excluding hydrogens is 262 g/mol. The fourth-order valence-corrected chi connectivity index (χ4v) is 3.85. The normalized spacial score (nSPS) is 26.0. The Morgan fingerprint density at radius 2 is 1.48 bits per heavy atom. The molecule has 0 aromatic carbocycles. The minimum absolute atomic E-state index is 0.113. The Labute approximate surface area is 130 Å². The summed E-state index contributed by atoms with van der Waals surface area (Å²) in [5, 5.41) is 0. The molecule has 1 unspecified atom stereocenters. The summed E-state index contributed by atoms with van der Waals surface area (Å²) in [4.78, 5) is 14.2. The van der Waals surface area contributed by atoms with E-state index >= 15 is 0 Å². The average Bonchev–Trinajstić information content (AvgIpc) is 2.36. The SMILES string of the molecule is CC(C)(C)OC(=O)N1CCCC(C2CCCCCCC2)C1. The predicted octanol–water partition coefficient (Wildman–Crippen LogP) is 4.99. The number of rotatable bonds is 1. The molecule has 1 amide bonds. The Morgan fingerprint density at radius 3 is 2.10 bits per heavy atom. The Balaban J connectivity index is 1.88. The summed E-state index contributed by atoms with van der Waals surface area (Å²) in [5.41, 5.74) is -0.385. The molecule has 3 nitrogen and oxygen atoms in total. The summed E-state index contributed by atoms with van der Waals surface area (Å²) < 4.78 is 5.54. The van der Waals surface area contributed by atoms with Crippen LogP contribution in [0.2, 0.25) is 0 Å². The molecule has 21 heavy (non-hydrogen) atoms. The zero-order valence-electron chi connectivity index (χ0n) is 14.2. The molecule has 2 rings (SSSR count). The molecule has 1 saturated heterocycles. The molecule has 1 aliphatic heterocycles. The number of hydrogen-bond donors (Lipinski definition) is 0. The molecule has 3 heteroatoms. The monoisotopic (exact) mass is 295 g/mol. The molecule has 1 aliphatic carbocycles. The van der Waals surface area contributed by atoms with E-state index in [0.717, 1.165) is 25.4 Å². The van der Waals surface area contributed by atoms with E-state index in [2.05, 4.69) is 0 Å². The Kier molecular flexibility index (Phi) is 5.95.